The molecule has 0 amide bonds. The zero-order valence-electron chi connectivity index (χ0n) is 41.8. The van der Waals surface area contributed by atoms with Crippen molar-refractivity contribution >= 4 is 79.3 Å². The summed E-state index contributed by atoms with van der Waals surface area (Å²) in [4.78, 5) is 5.20. The molecule has 0 radical (unpaired) electrons. The van der Waals surface area contributed by atoms with Crippen LogP contribution in [0, 0.1) is 0 Å². The van der Waals surface area contributed by atoms with Gasteiger partial charge in [0.05, 0.1) is 5.69 Å². The van der Waals surface area contributed by atoms with Crippen LogP contribution in [0.3, 0.4) is 0 Å². The first-order valence-corrected chi connectivity index (χ1v) is 24.9. The third-order valence-corrected chi connectivity index (χ3v) is 16.8. The molecule has 4 nitrogen and oxygen atoms in total. The molecule has 0 spiro atoms. The minimum absolute atomic E-state index is 0.00156. The Kier molecular flexibility index (Phi) is 8.22. The normalized spacial score (nSPS) is 17.3. The van der Waals surface area contributed by atoms with Crippen LogP contribution in [0.15, 0.2) is 136 Å². The van der Waals surface area contributed by atoms with Crippen LogP contribution in [0.5, 0.6) is 0 Å². The molecular formula is C63H61BN2O2. The molecule has 0 unspecified atom stereocenters. The highest BCUT2D eigenvalue weighted by molar-refractivity contribution is 6.93. The van der Waals surface area contributed by atoms with Crippen LogP contribution >= 0.6 is 0 Å². The predicted molar refractivity (Wildman–Crippen MR) is 287 cm³/mol. The second kappa shape index (κ2) is 13.4. The molecule has 338 valence electrons. The Morgan fingerprint density at radius 3 is 1.78 bits per heavy atom. The lowest BCUT2D eigenvalue weighted by Crippen LogP contribution is -2.61. The molecule has 7 aromatic carbocycles. The Bertz CT molecular complexity index is 3620. The van der Waals surface area contributed by atoms with E-state index in [4.69, 9.17) is 8.83 Å². The number of hydrogen-bond donors (Lipinski definition) is 0. The number of nitrogens with zero attached hydrogens (tertiary/aromatic N) is 2. The molecule has 9 aromatic rings. The van der Waals surface area contributed by atoms with Crippen LogP contribution in [0.25, 0.3) is 55.2 Å². The van der Waals surface area contributed by atoms with E-state index in [1.165, 1.54) is 72.2 Å². The molecule has 2 aromatic heterocycles. The molecule has 2 aliphatic heterocycles. The Balaban J connectivity index is 1.22. The number of benzene rings is 7. The molecule has 0 saturated carbocycles. The summed E-state index contributed by atoms with van der Waals surface area (Å²) in [5.41, 5.74) is 23.7. The second-order valence-electron chi connectivity index (χ2n) is 24.4. The summed E-state index contributed by atoms with van der Waals surface area (Å²) in [6.07, 6.45) is 2.27. The molecule has 13 rings (SSSR count). The van der Waals surface area contributed by atoms with Gasteiger partial charge in [-0.15, -0.1) is 0 Å². The van der Waals surface area contributed by atoms with Crippen molar-refractivity contribution in [2.75, 3.05) is 9.71 Å². The van der Waals surface area contributed by atoms with Gasteiger partial charge in [-0.1, -0.05) is 150 Å². The van der Waals surface area contributed by atoms with E-state index >= 15 is 0 Å². The maximum atomic E-state index is 7.72. The second-order valence-corrected chi connectivity index (χ2v) is 24.4. The smallest absolute Gasteiger partial charge is 0.375 e. The van der Waals surface area contributed by atoms with Crippen LogP contribution in [-0.4, -0.2) is 6.85 Å². The summed E-state index contributed by atoms with van der Waals surface area (Å²) in [5.74, 6) is 0. The Morgan fingerprint density at radius 1 is 0.500 bits per heavy atom. The minimum atomic E-state index is -0.293. The van der Waals surface area contributed by atoms with E-state index in [9.17, 15) is 0 Å². The van der Waals surface area contributed by atoms with Gasteiger partial charge in [0.25, 0.3) is 0 Å². The van der Waals surface area contributed by atoms with E-state index in [0.29, 0.717) is 0 Å². The fourth-order valence-electron chi connectivity index (χ4n) is 12.8. The van der Waals surface area contributed by atoms with Crippen molar-refractivity contribution in [1.82, 2.24) is 0 Å². The first kappa shape index (κ1) is 41.7. The summed E-state index contributed by atoms with van der Waals surface area (Å²) in [7, 11) is 0. The highest BCUT2D eigenvalue weighted by atomic mass is 16.3. The van der Waals surface area contributed by atoms with E-state index in [0.717, 1.165) is 68.8 Å². The summed E-state index contributed by atoms with van der Waals surface area (Å²) >= 11 is 0. The number of furan rings is 2. The zero-order valence-corrected chi connectivity index (χ0v) is 41.8. The van der Waals surface area contributed by atoms with Gasteiger partial charge >= 0.3 is 6.85 Å². The lowest BCUT2D eigenvalue weighted by molar-refractivity contribution is 0.332. The van der Waals surface area contributed by atoms with Gasteiger partial charge in [0.1, 0.15) is 22.4 Å². The Labute approximate surface area is 402 Å². The Morgan fingerprint density at radius 2 is 1.10 bits per heavy atom. The largest absolute Gasteiger partial charge is 0.466 e. The predicted octanol–water partition coefficient (Wildman–Crippen LogP) is 16.3. The van der Waals surface area contributed by atoms with Gasteiger partial charge in [-0.3, -0.25) is 0 Å². The maximum absolute atomic E-state index is 7.72. The number of fused-ring (bicyclic) bond motifs is 14. The quantitative estimate of drug-likeness (QED) is 0.162. The topological polar surface area (TPSA) is 32.8 Å². The van der Waals surface area contributed by atoms with Crippen LogP contribution in [-0.2, 0) is 27.1 Å². The fourth-order valence-corrected chi connectivity index (χ4v) is 12.8. The van der Waals surface area contributed by atoms with Gasteiger partial charge in [0, 0.05) is 49.9 Å². The number of para-hydroxylation sites is 1. The third kappa shape index (κ3) is 5.62. The summed E-state index contributed by atoms with van der Waals surface area (Å²) in [5, 5.41) is 3.41. The molecule has 0 fully saturated rings. The third-order valence-electron chi connectivity index (χ3n) is 16.8. The molecule has 5 heteroatoms. The monoisotopic (exact) mass is 888 g/mol. The molecule has 4 heterocycles. The average molecular weight is 889 g/mol. The first-order valence-electron chi connectivity index (χ1n) is 24.9. The Hall–Kier alpha value is -6.46. The van der Waals surface area contributed by atoms with Crippen LogP contribution < -0.4 is 20.8 Å². The number of hydrogen-bond acceptors (Lipinski definition) is 4. The van der Waals surface area contributed by atoms with Crippen molar-refractivity contribution in [3.63, 3.8) is 0 Å². The SMILES string of the molecule is CC(C)(C)c1ccc(N2B3c4oc5cc6c(cc5c4N(c4ccc(C(C)(C)C)cc4)c4cc5c(c(c43)-c3cc4oc7ccccc7c4cc32)C(C)(C)c2ccccc2-5)C(C)(C)CCC6(C)C)cc1. The molecule has 2 aliphatic carbocycles. The van der Waals surface area contributed by atoms with Gasteiger partial charge in [-0.2, -0.15) is 0 Å². The maximum Gasteiger partial charge on any atom is 0.375 e. The van der Waals surface area contributed by atoms with E-state index in [-0.39, 0.29) is 33.9 Å². The molecule has 0 N–H and O–H groups in total. The highest BCUT2D eigenvalue weighted by Gasteiger charge is 2.53. The van der Waals surface area contributed by atoms with Gasteiger partial charge in [-0.05, 0) is 151 Å². The number of anilines is 5. The fraction of sp³-hybridized carbons (Fsp3) is 0.302. The molecule has 0 atom stereocenters. The molecule has 68 heavy (non-hydrogen) atoms. The van der Waals surface area contributed by atoms with Crippen molar-refractivity contribution in [3.8, 4) is 22.3 Å². The van der Waals surface area contributed by atoms with E-state index in [2.05, 4.69) is 220 Å². The molecular weight excluding hydrogens is 828 g/mol. The van der Waals surface area contributed by atoms with Crippen LogP contribution in [0.4, 0.5) is 28.4 Å². The van der Waals surface area contributed by atoms with Crippen molar-refractivity contribution < 1.29 is 8.83 Å². The van der Waals surface area contributed by atoms with Crippen molar-refractivity contribution in [2.45, 2.75) is 123 Å². The lowest BCUT2D eigenvalue weighted by Gasteiger charge is -2.45. The van der Waals surface area contributed by atoms with Gasteiger partial charge < -0.3 is 18.5 Å². The zero-order chi connectivity index (χ0) is 47.2. The van der Waals surface area contributed by atoms with Crippen LogP contribution in [0.1, 0.15) is 129 Å². The summed E-state index contributed by atoms with van der Waals surface area (Å²) < 4.78 is 14.5. The van der Waals surface area contributed by atoms with Crippen molar-refractivity contribution in [3.05, 3.63) is 161 Å². The first-order chi connectivity index (χ1) is 32.2. The van der Waals surface area contributed by atoms with E-state index < -0.39 is 0 Å². The number of rotatable bonds is 2. The van der Waals surface area contributed by atoms with E-state index in [1.54, 1.807) is 0 Å². The van der Waals surface area contributed by atoms with Crippen molar-refractivity contribution in [1.29, 1.82) is 0 Å². The van der Waals surface area contributed by atoms with Crippen molar-refractivity contribution in [2.24, 2.45) is 0 Å². The summed E-state index contributed by atoms with van der Waals surface area (Å²) in [6, 6.07) is 48.7. The van der Waals surface area contributed by atoms with Gasteiger partial charge in [-0.25, -0.2) is 0 Å². The lowest BCUT2D eigenvalue weighted by atomic mass is 9.45. The molecule has 4 aliphatic rings. The molecule has 0 bridgehead atoms. The highest BCUT2D eigenvalue weighted by Crippen LogP contribution is 2.59. The molecule has 0 saturated heterocycles. The summed E-state index contributed by atoms with van der Waals surface area (Å²) in [6.45, 7) is 28.1. The van der Waals surface area contributed by atoms with Gasteiger partial charge in [0.15, 0.2) is 0 Å². The van der Waals surface area contributed by atoms with E-state index in [1.807, 2.05) is 0 Å². The van der Waals surface area contributed by atoms with Crippen LogP contribution in [0.2, 0.25) is 0 Å². The standard InChI is InChI=1S/C63H61BN2O2/c1-59(2,3)36-21-25-38(26-22-36)65-50-33-43-40-17-13-15-19-46(40)63(11,12)55(43)54-44-34-52-42(41-18-14-16-20-51(41)67-52)32-49(44)66(39-27-23-37(24-28-39)60(4,5)6)64(56(50)54)58-57(65)45-31-47-48(35-53(45)68-58)62(9,10)30-29-61(47,7)8/h13-28,31-35H,29-30H2,1-12H3. The minimum Gasteiger partial charge on any atom is -0.466 e. The van der Waals surface area contributed by atoms with Gasteiger partial charge in [0.2, 0.25) is 0 Å². The average Bonchev–Trinajstić information content (AvgIpc) is 3.93.